The van der Waals surface area contributed by atoms with E-state index in [2.05, 4.69) is 18.3 Å². The molecular formula is C26H37F3N2O. The minimum Gasteiger partial charge on any atom is -0.308 e. The number of carbonyl (C=O) groups excluding carboxylic acids is 1. The van der Waals surface area contributed by atoms with Crippen molar-refractivity contribution in [3.63, 3.8) is 0 Å². The van der Waals surface area contributed by atoms with E-state index in [0.29, 0.717) is 12.8 Å². The van der Waals surface area contributed by atoms with Crippen LogP contribution < -0.4 is 10.2 Å². The average molecular weight is 451 g/mol. The van der Waals surface area contributed by atoms with Crippen LogP contribution in [0.15, 0.2) is 42.5 Å². The smallest absolute Gasteiger partial charge is 0.308 e. The topological polar surface area (TPSA) is 32.3 Å². The quantitative estimate of drug-likeness (QED) is 0.389. The molecule has 178 valence electrons. The van der Waals surface area contributed by atoms with E-state index in [1.165, 1.54) is 0 Å². The van der Waals surface area contributed by atoms with Gasteiger partial charge in [-0.2, -0.15) is 13.2 Å². The van der Waals surface area contributed by atoms with Crippen LogP contribution in [0.4, 0.5) is 18.9 Å². The standard InChI is InChI=1S/C26H37F3N2O/c1-3-11-19(2)30-23-16-8-5-9-17-24(23)31(22-14-6-4-7-15-22)25(32)20-12-10-13-21(18-20)26(27,28)29/h3-4,6-7,11,14-15,19-21,23-24,30H,5,8-10,12-13,16-18H2,1-2H3. The number of amides is 1. The Bertz CT molecular complexity index is 749. The fourth-order valence-electron chi connectivity index (χ4n) is 5.45. The molecule has 32 heavy (non-hydrogen) atoms. The first-order chi connectivity index (χ1) is 15.3. The van der Waals surface area contributed by atoms with Crippen LogP contribution in [0, 0.1) is 11.8 Å². The maximum absolute atomic E-state index is 13.9. The zero-order valence-electron chi connectivity index (χ0n) is 19.3. The first kappa shape index (κ1) is 24.8. The molecule has 6 heteroatoms. The summed E-state index contributed by atoms with van der Waals surface area (Å²) in [6.07, 6.45) is 5.96. The lowest BCUT2D eigenvalue weighted by atomic mass is 9.80. The Kier molecular flexibility index (Phi) is 8.80. The molecule has 2 saturated carbocycles. The summed E-state index contributed by atoms with van der Waals surface area (Å²) >= 11 is 0. The summed E-state index contributed by atoms with van der Waals surface area (Å²) in [6.45, 7) is 4.09. The lowest BCUT2D eigenvalue weighted by molar-refractivity contribution is -0.186. The van der Waals surface area contributed by atoms with Crippen molar-refractivity contribution in [2.75, 3.05) is 4.90 Å². The molecule has 1 aromatic carbocycles. The summed E-state index contributed by atoms with van der Waals surface area (Å²) in [5.41, 5.74) is 0.795. The largest absolute Gasteiger partial charge is 0.391 e. The van der Waals surface area contributed by atoms with Crippen molar-refractivity contribution < 1.29 is 18.0 Å². The molecule has 5 unspecified atom stereocenters. The number of hydrogen-bond donors (Lipinski definition) is 1. The van der Waals surface area contributed by atoms with E-state index in [-0.39, 0.29) is 36.9 Å². The SMILES string of the molecule is CC=CC(C)NC1CCCCCC1N(C(=O)C1CCCC(C(F)(F)F)C1)c1ccccc1. The Balaban J connectivity index is 1.91. The Labute approximate surface area is 190 Å². The zero-order chi connectivity index (χ0) is 23.1. The van der Waals surface area contributed by atoms with Crippen molar-refractivity contribution in [3.05, 3.63) is 42.5 Å². The monoisotopic (exact) mass is 450 g/mol. The van der Waals surface area contributed by atoms with Gasteiger partial charge in [-0.25, -0.2) is 0 Å². The second kappa shape index (κ2) is 11.4. The van der Waals surface area contributed by atoms with Crippen molar-refractivity contribution >= 4 is 11.6 Å². The molecule has 2 fully saturated rings. The average Bonchev–Trinajstić information content (AvgIpc) is 3.00. The van der Waals surface area contributed by atoms with Gasteiger partial charge in [0.2, 0.25) is 5.91 Å². The van der Waals surface area contributed by atoms with Crippen LogP contribution in [0.5, 0.6) is 0 Å². The highest BCUT2D eigenvalue weighted by Crippen LogP contribution is 2.41. The Morgan fingerprint density at radius 2 is 1.78 bits per heavy atom. The molecule has 2 aliphatic rings. The van der Waals surface area contributed by atoms with Gasteiger partial charge in [0.1, 0.15) is 0 Å². The van der Waals surface area contributed by atoms with Crippen LogP contribution in [0.3, 0.4) is 0 Å². The number of nitrogens with zero attached hydrogens (tertiary/aromatic N) is 1. The second-order valence-electron chi connectivity index (χ2n) is 9.44. The molecule has 0 saturated heterocycles. The van der Waals surface area contributed by atoms with Crippen molar-refractivity contribution in [3.8, 4) is 0 Å². The molecule has 0 heterocycles. The summed E-state index contributed by atoms with van der Waals surface area (Å²) < 4.78 is 40.3. The second-order valence-corrected chi connectivity index (χ2v) is 9.44. The molecular weight excluding hydrogens is 413 g/mol. The van der Waals surface area contributed by atoms with Crippen LogP contribution in [0.1, 0.15) is 71.6 Å². The third kappa shape index (κ3) is 6.37. The number of carbonyl (C=O) groups is 1. The molecule has 1 N–H and O–H groups in total. The predicted molar refractivity (Wildman–Crippen MR) is 124 cm³/mol. The Hall–Kier alpha value is -1.82. The van der Waals surface area contributed by atoms with Gasteiger partial charge in [-0.05, 0) is 58.1 Å². The van der Waals surface area contributed by atoms with Crippen molar-refractivity contribution in [1.82, 2.24) is 5.32 Å². The molecule has 5 atom stereocenters. The van der Waals surface area contributed by atoms with Gasteiger partial charge in [-0.1, -0.05) is 56.0 Å². The van der Waals surface area contributed by atoms with Gasteiger partial charge in [0.15, 0.2) is 0 Å². The van der Waals surface area contributed by atoms with Crippen molar-refractivity contribution in [1.29, 1.82) is 0 Å². The molecule has 1 aromatic rings. The van der Waals surface area contributed by atoms with Crippen LogP contribution in [0.25, 0.3) is 0 Å². The third-order valence-corrected chi connectivity index (χ3v) is 7.03. The molecule has 1 amide bonds. The summed E-state index contributed by atoms with van der Waals surface area (Å²) in [4.78, 5) is 15.7. The lowest BCUT2D eigenvalue weighted by Crippen LogP contribution is -2.55. The number of benzene rings is 1. The van der Waals surface area contributed by atoms with Gasteiger partial charge in [-0.15, -0.1) is 0 Å². The van der Waals surface area contributed by atoms with E-state index < -0.39 is 18.0 Å². The van der Waals surface area contributed by atoms with Crippen LogP contribution in [0.2, 0.25) is 0 Å². The van der Waals surface area contributed by atoms with E-state index in [1.807, 2.05) is 48.2 Å². The third-order valence-electron chi connectivity index (χ3n) is 7.03. The number of hydrogen-bond acceptors (Lipinski definition) is 2. The summed E-state index contributed by atoms with van der Waals surface area (Å²) in [5, 5.41) is 3.69. The number of halogens is 3. The number of nitrogens with one attached hydrogen (secondary N) is 1. The van der Waals surface area contributed by atoms with Gasteiger partial charge in [-0.3, -0.25) is 4.79 Å². The van der Waals surface area contributed by atoms with Crippen LogP contribution >= 0.6 is 0 Å². The van der Waals surface area contributed by atoms with Gasteiger partial charge < -0.3 is 10.2 Å². The van der Waals surface area contributed by atoms with Gasteiger partial charge in [0.25, 0.3) is 0 Å². The Morgan fingerprint density at radius 3 is 2.47 bits per heavy atom. The van der Waals surface area contributed by atoms with Crippen molar-refractivity contribution in [2.45, 2.75) is 95.9 Å². The highest BCUT2D eigenvalue weighted by molar-refractivity contribution is 5.95. The van der Waals surface area contributed by atoms with Crippen molar-refractivity contribution in [2.24, 2.45) is 11.8 Å². The molecule has 0 radical (unpaired) electrons. The van der Waals surface area contributed by atoms with E-state index >= 15 is 0 Å². The summed E-state index contributed by atoms with van der Waals surface area (Å²) in [5.74, 6) is -2.09. The first-order valence-corrected chi connectivity index (χ1v) is 12.1. The molecule has 3 rings (SSSR count). The number of para-hydroxylation sites is 1. The summed E-state index contributed by atoms with van der Waals surface area (Å²) in [6, 6.07) is 9.75. The highest BCUT2D eigenvalue weighted by atomic mass is 19.4. The number of allylic oxidation sites excluding steroid dienone is 1. The van der Waals surface area contributed by atoms with Gasteiger partial charge in [0, 0.05) is 23.7 Å². The zero-order valence-corrected chi connectivity index (χ0v) is 19.3. The van der Waals surface area contributed by atoms with Gasteiger partial charge in [0.05, 0.1) is 12.0 Å². The molecule has 2 aliphatic carbocycles. The molecule has 0 spiro atoms. The van der Waals surface area contributed by atoms with Crippen LogP contribution in [-0.4, -0.2) is 30.2 Å². The van der Waals surface area contributed by atoms with Gasteiger partial charge >= 0.3 is 6.18 Å². The van der Waals surface area contributed by atoms with E-state index in [9.17, 15) is 18.0 Å². The van der Waals surface area contributed by atoms with E-state index in [4.69, 9.17) is 0 Å². The maximum Gasteiger partial charge on any atom is 0.391 e. The van der Waals surface area contributed by atoms with E-state index in [1.54, 1.807) is 0 Å². The minimum atomic E-state index is -4.23. The summed E-state index contributed by atoms with van der Waals surface area (Å²) in [7, 11) is 0. The first-order valence-electron chi connectivity index (χ1n) is 12.1. The fraction of sp³-hybridized carbons (Fsp3) is 0.654. The molecule has 0 aromatic heterocycles. The predicted octanol–water partition coefficient (Wildman–Crippen LogP) is 6.64. The maximum atomic E-state index is 13.9. The highest BCUT2D eigenvalue weighted by Gasteiger charge is 2.45. The molecule has 0 bridgehead atoms. The lowest BCUT2D eigenvalue weighted by Gasteiger charge is -2.41. The molecule has 0 aliphatic heterocycles. The Morgan fingerprint density at radius 1 is 1.06 bits per heavy atom. The van der Waals surface area contributed by atoms with E-state index in [0.717, 1.165) is 37.8 Å². The van der Waals surface area contributed by atoms with Crippen LogP contribution in [-0.2, 0) is 4.79 Å². The normalized spacial score (nSPS) is 28.3. The number of anilines is 1. The number of alkyl halides is 3. The molecule has 3 nitrogen and oxygen atoms in total. The number of rotatable bonds is 6. The minimum absolute atomic E-state index is 0.0635. The fourth-order valence-corrected chi connectivity index (χ4v) is 5.45.